The molecule has 0 unspecified atom stereocenters. The van der Waals surface area contributed by atoms with E-state index in [-0.39, 0.29) is 0 Å². The first-order chi connectivity index (χ1) is 41.5. The summed E-state index contributed by atoms with van der Waals surface area (Å²) in [5.74, 6) is -0.345. The van der Waals surface area contributed by atoms with E-state index >= 15 is 0 Å². The highest BCUT2D eigenvalue weighted by Crippen LogP contribution is 2.34. The number of carboxylic acid groups (broad SMARTS) is 4. The minimum Gasteiger partial charge on any atom is -0.478 e. The predicted molar refractivity (Wildman–Crippen MR) is 337 cm³/mol. The number of carbonyl (C=O) groups is 4. The van der Waals surface area contributed by atoms with Crippen molar-refractivity contribution in [2.45, 2.75) is 66.5 Å². The van der Waals surface area contributed by atoms with E-state index < -0.39 is 23.9 Å². The van der Waals surface area contributed by atoms with E-state index in [0.29, 0.717) is 36.4 Å². The number of hydrogen-bond acceptors (Lipinski definition) is 8. The van der Waals surface area contributed by atoms with Crippen molar-refractivity contribution in [3.05, 3.63) is 227 Å². The van der Waals surface area contributed by atoms with Gasteiger partial charge >= 0.3 is 23.9 Å². The molecule has 8 aromatic carbocycles. The molecule has 16 heteroatoms. The van der Waals surface area contributed by atoms with Crippen molar-refractivity contribution in [2.75, 3.05) is 0 Å². The van der Waals surface area contributed by atoms with E-state index in [4.69, 9.17) is 30.1 Å². The fourth-order valence-corrected chi connectivity index (χ4v) is 11.1. The molecule has 0 aliphatic heterocycles. The van der Waals surface area contributed by atoms with E-state index in [0.717, 1.165) is 149 Å². The van der Waals surface area contributed by atoms with Crippen LogP contribution in [0.15, 0.2) is 182 Å². The summed E-state index contributed by atoms with van der Waals surface area (Å²) in [6.45, 7) is 9.95. The smallest absolute Gasteiger partial charge is 0.336 e. The largest absolute Gasteiger partial charge is 0.478 e. The second kappa shape index (κ2) is 25.4. The van der Waals surface area contributed by atoms with Crippen molar-refractivity contribution in [1.29, 1.82) is 0 Å². The van der Waals surface area contributed by atoms with E-state index in [9.17, 15) is 29.4 Å². The molecule has 0 radical (unpaired) electrons. The van der Waals surface area contributed by atoms with Crippen molar-refractivity contribution < 1.29 is 39.6 Å². The van der Waals surface area contributed by atoms with Crippen LogP contribution >= 0.6 is 0 Å². The third-order valence-electron chi connectivity index (χ3n) is 15.2. The molecule has 0 saturated carbocycles. The molecular weight excluding hydrogens is 1080 g/mol. The molecule has 4 heterocycles. The molecule has 16 nitrogen and oxygen atoms in total. The summed E-state index contributed by atoms with van der Waals surface area (Å²) in [5, 5.41) is 34.8. The van der Waals surface area contributed by atoms with Crippen molar-refractivity contribution in [3.8, 4) is 45.0 Å². The first-order valence-electron chi connectivity index (χ1n) is 28.3. The quantitative estimate of drug-likeness (QED) is 0.0664. The van der Waals surface area contributed by atoms with Crippen molar-refractivity contribution >= 4 is 68.0 Å². The SMILES string of the molecule is CCCc1nc2c(C)cc(-c3nc4ccccc4n3C)cc2n1Cc1ccc(-c2ccccc2C(=O)O)cc1.CCCc1nc2c(C)cc(-c3nc4ccccc4n3C)cc2n1Cc1ccc(-c2ccccc2C(=O)O)cc1.O=C(O)/C=C\C(=O)O. The van der Waals surface area contributed by atoms with Crippen LogP contribution in [-0.2, 0) is 49.6 Å². The minimum atomic E-state index is -1.26. The summed E-state index contributed by atoms with van der Waals surface area (Å²) < 4.78 is 8.94. The Morgan fingerprint density at radius 3 is 1.14 bits per heavy atom. The Morgan fingerprint density at radius 1 is 0.430 bits per heavy atom. The third kappa shape index (κ3) is 12.3. The number of aliphatic carboxylic acids is 2. The van der Waals surface area contributed by atoms with Gasteiger partial charge in [-0.3, -0.25) is 0 Å². The molecule has 12 rings (SSSR count). The molecule has 0 bridgehead atoms. The van der Waals surface area contributed by atoms with Crippen LogP contribution in [0, 0.1) is 13.8 Å². The number of para-hydroxylation sites is 4. The molecule has 0 fully saturated rings. The van der Waals surface area contributed by atoms with E-state index in [1.165, 1.54) is 0 Å². The van der Waals surface area contributed by atoms with Gasteiger partial charge in [-0.25, -0.2) is 39.1 Å². The second-order valence-corrected chi connectivity index (χ2v) is 21.1. The number of aromatic nitrogens is 8. The van der Waals surface area contributed by atoms with E-state index in [2.05, 4.69) is 121 Å². The van der Waals surface area contributed by atoms with E-state index in [1.807, 2.05) is 84.9 Å². The number of aryl methyl sites for hydroxylation is 6. The highest BCUT2D eigenvalue weighted by atomic mass is 16.4. The minimum absolute atomic E-state index is 0.307. The monoisotopic (exact) mass is 1140 g/mol. The summed E-state index contributed by atoms with van der Waals surface area (Å²) in [7, 11) is 4.13. The van der Waals surface area contributed by atoms with Crippen LogP contribution in [0.3, 0.4) is 0 Å². The van der Waals surface area contributed by atoms with Gasteiger partial charge in [-0.1, -0.05) is 123 Å². The lowest BCUT2D eigenvalue weighted by Crippen LogP contribution is -2.05. The number of rotatable bonds is 16. The summed E-state index contributed by atoms with van der Waals surface area (Å²) in [4.78, 5) is 62.5. The van der Waals surface area contributed by atoms with Crippen LogP contribution in [0.1, 0.15) is 81.3 Å². The Kier molecular flexibility index (Phi) is 17.3. The first-order valence-corrected chi connectivity index (χ1v) is 28.3. The lowest BCUT2D eigenvalue weighted by Gasteiger charge is -2.12. The molecule has 4 aromatic heterocycles. The van der Waals surface area contributed by atoms with Gasteiger partial charge in [0.25, 0.3) is 0 Å². The van der Waals surface area contributed by atoms with Crippen LogP contribution in [-0.4, -0.2) is 82.5 Å². The van der Waals surface area contributed by atoms with Crippen molar-refractivity contribution in [2.24, 2.45) is 14.1 Å². The average Bonchev–Trinajstić information content (AvgIpc) is 2.12. The van der Waals surface area contributed by atoms with Gasteiger partial charge < -0.3 is 38.7 Å². The Labute approximate surface area is 496 Å². The van der Waals surface area contributed by atoms with Crippen LogP contribution in [0.4, 0.5) is 0 Å². The standard InChI is InChI=1S/2C33H30N4O2.C4H4O4/c2*1-4-9-30-35-31-21(2)18-24(32-34-27-12-7-8-13-28(27)36(32)3)19-29(31)37(30)20-22-14-16-23(17-15-22)25-10-5-6-11-26(25)33(38)39;5-3(6)1-2-4(7)8/h2*5-8,10-19H,4,9,20H2,1-3H3,(H,38,39);1-2H,(H,5,6)(H,7,8)/b;;2-1-. The molecule has 0 spiro atoms. The predicted octanol–water partition coefficient (Wildman–Crippen LogP) is 14.2. The number of aromatic carboxylic acids is 2. The van der Waals surface area contributed by atoms with Crippen LogP contribution in [0.5, 0.6) is 0 Å². The van der Waals surface area contributed by atoms with Gasteiger partial charge in [0.2, 0.25) is 0 Å². The highest BCUT2D eigenvalue weighted by Gasteiger charge is 2.21. The summed E-state index contributed by atoms with van der Waals surface area (Å²) in [5.41, 5.74) is 18.9. The number of nitrogens with zero attached hydrogens (tertiary/aromatic N) is 8. The Balaban J connectivity index is 0.000000169. The maximum atomic E-state index is 11.7. The maximum Gasteiger partial charge on any atom is 0.336 e. The van der Waals surface area contributed by atoms with Crippen LogP contribution in [0.2, 0.25) is 0 Å². The normalized spacial score (nSPS) is 11.3. The Bertz CT molecular complexity index is 4280. The zero-order valence-electron chi connectivity index (χ0n) is 48.6. The molecule has 0 aliphatic rings. The molecule has 0 atom stereocenters. The van der Waals surface area contributed by atoms with Gasteiger partial charge in [0.1, 0.15) is 23.3 Å². The number of benzene rings is 8. The van der Waals surface area contributed by atoms with Gasteiger partial charge in [-0.15, -0.1) is 0 Å². The Hall–Kier alpha value is -10.7. The molecule has 0 amide bonds. The number of carboxylic acids is 4. The molecular formula is C70H64N8O8. The lowest BCUT2D eigenvalue weighted by atomic mass is 9.98. The fraction of sp³-hybridized carbons (Fsp3) is 0.171. The van der Waals surface area contributed by atoms with Gasteiger partial charge in [-0.2, -0.15) is 0 Å². The second-order valence-electron chi connectivity index (χ2n) is 21.1. The van der Waals surface area contributed by atoms with E-state index in [1.54, 1.807) is 24.3 Å². The average molecular weight is 1150 g/mol. The number of hydrogen-bond donors (Lipinski definition) is 4. The molecule has 0 aliphatic carbocycles. The summed E-state index contributed by atoms with van der Waals surface area (Å²) in [6, 6.07) is 55.8. The molecule has 12 aromatic rings. The lowest BCUT2D eigenvalue weighted by molar-refractivity contribution is -0.134. The molecule has 432 valence electrons. The molecule has 4 N–H and O–H groups in total. The van der Waals surface area contributed by atoms with Gasteiger partial charge in [0, 0.05) is 63.3 Å². The summed E-state index contributed by atoms with van der Waals surface area (Å²) in [6.07, 6.45) is 4.90. The summed E-state index contributed by atoms with van der Waals surface area (Å²) >= 11 is 0. The molecule has 0 saturated heterocycles. The zero-order valence-corrected chi connectivity index (χ0v) is 48.6. The zero-order chi connectivity index (χ0) is 60.8. The van der Waals surface area contributed by atoms with Gasteiger partial charge in [-0.05, 0) is 132 Å². The topological polar surface area (TPSA) is 220 Å². The molecule has 86 heavy (non-hydrogen) atoms. The highest BCUT2D eigenvalue weighted by molar-refractivity contribution is 5.97. The van der Waals surface area contributed by atoms with Crippen molar-refractivity contribution in [1.82, 2.24) is 38.2 Å². The number of fused-ring (bicyclic) bond motifs is 4. The first kappa shape index (κ1) is 58.5. The number of imidazole rings is 4. The fourth-order valence-electron chi connectivity index (χ4n) is 11.1. The van der Waals surface area contributed by atoms with Crippen LogP contribution < -0.4 is 0 Å². The third-order valence-corrected chi connectivity index (χ3v) is 15.2. The van der Waals surface area contributed by atoms with Crippen molar-refractivity contribution in [3.63, 3.8) is 0 Å². The van der Waals surface area contributed by atoms with Gasteiger partial charge in [0.15, 0.2) is 0 Å². The Morgan fingerprint density at radius 2 is 0.791 bits per heavy atom. The maximum absolute atomic E-state index is 11.7. The van der Waals surface area contributed by atoms with Gasteiger partial charge in [0.05, 0.1) is 55.3 Å². The van der Waals surface area contributed by atoms with Crippen LogP contribution in [0.25, 0.3) is 89.2 Å².